The second-order valence-electron chi connectivity index (χ2n) is 6.56. The van der Waals surface area contributed by atoms with Gasteiger partial charge in [-0.1, -0.05) is 26.0 Å². The summed E-state index contributed by atoms with van der Waals surface area (Å²) in [6.07, 6.45) is 1.94. The van der Waals surface area contributed by atoms with Gasteiger partial charge in [-0.3, -0.25) is 0 Å². The fourth-order valence-electron chi connectivity index (χ4n) is 3.06. The van der Waals surface area contributed by atoms with Crippen LogP contribution in [0.2, 0.25) is 0 Å². The molecule has 0 bridgehead atoms. The van der Waals surface area contributed by atoms with E-state index in [1.54, 1.807) is 13.2 Å². The quantitative estimate of drug-likeness (QED) is 0.864. The van der Waals surface area contributed by atoms with Crippen LogP contribution in [0.4, 0.5) is 0 Å². The summed E-state index contributed by atoms with van der Waals surface area (Å²) < 4.78 is 16.0. The highest BCUT2D eigenvalue weighted by Gasteiger charge is 2.17. The maximum absolute atomic E-state index is 9.70. The van der Waals surface area contributed by atoms with Crippen molar-refractivity contribution in [3.8, 4) is 23.0 Å². The van der Waals surface area contributed by atoms with E-state index in [1.165, 1.54) is 11.1 Å². The fourth-order valence-corrected chi connectivity index (χ4v) is 3.06. The van der Waals surface area contributed by atoms with E-state index in [9.17, 15) is 5.11 Å². The average Bonchev–Trinajstić information content (AvgIpc) is 3.04. The van der Waals surface area contributed by atoms with Gasteiger partial charge in [0.05, 0.1) is 7.11 Å². The molecule has 2 aromatic carbocycles. The van der Waals surface area contributed by atoms with Gasteiger partial charge in [0.15, 0.2) is 23.0 Å². The van der Waals surface area contributed by atoms with Crippen molar-refractivity contribution in [1.29, 1.82) is 0 Å². The van der Waals surface area contributed by atoms with Crippen molar-refractivity contribution >= 4 is 0 Å². The predicted octanol–water partition coefficient (Wildman–Crippen LogP) is 4.19. The second-order valence-corrected chi connectivity index (χ2v) is 6.56. The molecule has 128 valence electrons. The molecule has 24 heavy (non-hydrogen) atoms. The Labute approximate surface area is 143 Å². The lowest BCUT2D eigenvalue weighted by molar-refractivity contribution is 0.174. The van der Waals surface area contributed by atoms with Crippen LogP contribution in [0.3, 0.4) is 0 Å². The van der Waals surface area contributed by atoms with Crippen LogP contribution in [0.5, 0.6) is 23.0 Å². The summed E-state index contributed by atoms with van der Waals surface area (Å²) in [6.45, 7) is 4.84. The molecular weight excluding hydrogens is 304 g/mol. The van der Waals surface area contributed by atoms with Gasteiger partial charge in [-0.2, -0.15) is 0 Å². The van der Waals surface area contributed by atoms with Crippen molar-refractivity contribution in [1.82, 2.24) is 0 Å². The Hall–Kier alpha value is -2.36. The summed E-state index contributed by atoms with van der Waals surface area (Å²) >= 11 is 0. The Morgan fingerprint density at radius 3 is 2.29 bits per heavy atom. The topological polar surface area (TPSA) is 47.9 Å². The van der Waals surface area contributed by atoms with E-state index in [0.29, 0.717) is 24.4 Å². The lowest BCUT2D eigenvalue weighted by Crippen LogP contribution is -2.13. The monoisotopic (exact) mass is 328 g/mol. The largest absolute Gasteiger partial charge is 0.504 e. The molecule has 0 amide bonds. The van der Waals surface area contributed by atoms with Gasteiger partial charge in [-0.05, 0) is 60.1 Å². The van der Waals surface area contributed by atoms with E-state index in [2.05, 4.69) is 26.0 Å². The number of aromatic hydroxyl groups is 1. The SMILES string of the molecule is COc1cc(C[C@H](C)[C@@H](C)Cc2ccc3c(c2)OCO3)ccc1O. The van der Waals surface area contributed by atoms with Gasteiger partial charge >= 0.3 is 0 Å². The minimum atomic E-state index is 0.183. The minimum Gasteiger partial charge on any atom is -0.504 e. The standard InChI is InChI=1S/C20H24O4/c1-13(8-15-4-6-17(21)19(10-15)22-3)14(2)9-16-5-7-18-20(11-16)24-12-23-18/h4-7,10-11,13-14,21H,8-9,12H2,1-3H3/t13-,14-/m0/s1. The number of phenols is 1. The van der Waals surface area contributed by atoms with E-state index >= 15 is 0 Å². The zero-order valence-electron chi connectivity index (χ0n) is 14.4. The highest BCUT2D eigenvalue weighted by Crippen LogP contribution is 2.34. The third-order valence-electron chi connectivity index (χ3n) is 4.77. The second kappa shape index (κ2) is 7.04. The third-order valence-corrected chi connectivity index (χ3v) is 4.77. The summed E-state index contributed by atoms with van der Waals surface area (Å²) in [6, 6.07) is 11.7. The Morgan fingerprint density at radius 1 is 0.958 bits per heavy atom. The molecule has 4 heteroatoms. The van der Waals surface area contributed by atoms with E-state index < -0.39 is 0 Å². The molecule has 0 saturated heterocycles. The molecule has 1 aliphatic heterocycles. The Kier molecular flexibility index (Phi) is 4.84. The van der Waals surface area contributed by atoms with Gasteiger partial charge in [0.1, 0.15) is 0 Å². The number of hydrogen-bond acceptors (Lipinski definition) is 4. The molecule has 1 heterocycles. The number of hydrogen-bond donors (Lipinski definition) is 1. The molecular formula is C20H24O4. The summed E-state index contributed by atoms with van der Waals surface area (Å²) in [5.41, 5.74) is 2.44. The Balaban J connectivity index is 1.63. The molecule has 1 aliphatic rings. The van der Waals surface area contributed by atoms with E-state index in [1.807, 2.05) is 18.2 Å². The van der Waals surface area contributed by atoms with Crippen molar-refractivity contribution in [2.24, 2.45) is 11.8 Å². The molecule has 2 atom stereocenters. The van der Waals surface area contributed by atoms with Gasteiger partial charge in [-0.15, -0.1) is 0 Å². The van der Waals surface area contributed by atoms with Gasteiger partial charge in [0.25, 0.3) is 0 Å². The molecule has 1 N–H and O–H groups in total. The highest BCUT2D eigenvalue weighted by molar-refractivity contribution is 5.44. The zero-order chi connectivity index (χ0) is 17.1. The first-order chi connectivity index (χ1) is 11.6. The first-order valence-electron chi connectivity index (χ1n) is 8.31. The molecule has 2 aromatic rings. The first-order valence-corrected chi connectivity index (χ1v) is 8.31. The van der Waals surface area contributed by atoms with E-state index in [-0.39, 0.29) is 5.75 Å². The van der Waals surface area contributed by atoms with Gasteiger partial charge in [0.2, 0.25) is 6.79 Å². The number of phenolic OH excluding ortho intramolecular Hbond substituents is 1. The first kappa shape index (κ1) is 16.5. The van der Waals surface area contributed by atoms with Crippen LogP contribution in [-0.2, 0) is 12.8 Å². The van der Waals surface area contributed by atoms with Crippen LogP contribution in [0, 0.1) is 11.8 Å². The molecule has 0 fully saturated rings. The van der Waals surface area contributed by atoms with Crippen molar-refractivity contribution in [3.05, 3.63) is 47.5 Å². The highest BCUT2D eigenvalue weighted by atomic mass is 16.7. The van der Waals surface area contributed by atoms with Crippen LogP contribution in [0.1, 0.15) is 25.0 Å². The number of benzene rings is 2. The van der Waals surface area contributed by atoms with Crippen LogP contribution < -0.4 is 14.2 Å². The van der Waals surface area contributed by atoms with Gasteiger partial charge < -0.3 is 19.3 Å². The number of fused-ring (bicyclic) bond motifs is 1. The molecule has 0 unspecified atom stereocenters. The molecule has 0 saturated carbocycles. The third kappa shape index (κ3) is 3.58. The molecule has 0 spiro atoms. The molecule has 4 nitrogen and oxygen atoms in total. The van der Waals surface area contributed by atoms with E-state index in [4.69, 9.17) is 14.2 Å². The van der Waals surface area contributed by atoms with Crippen LogP contribution in [0.15, 0.2) is 36.4 Å². The van der Waals surface area contributed by atoms with Crippen LogP contribution in [0.25, 0.3) is 0 Å². The number of ether oxygens (including phenoxy) is 3. The van der Waals surface area contributed by atoms with Gasteiger partial charge in [-0.25, -0.2) is 0 Å². The summed E-state index contributed by atoms with van der Waals surface area (Å²) in [7, 11) is 1.57. The van der Waals surface area contributed by atoms with Crippen molar-refractivity contribution in [3.63, 3.8) is 0 Å². The molecule has 0 aliphatic carbocycles. The van der Waals surface area contributed by atoms with E-state index in [0.717, 1.165) is 24.3 Å². The lowest BCUT2D eigenvalue weighted by atomic mass is 9.85. The summed E-state index contributed by atoms with van der Waals surface area (Å²) in [4.78, 5) is 0. The minimum absolute atomic E-state index is 0.183. The average molecular weight is 328 g/mol. The number of rotatable bonds is 6. The molecule has 3 rings (SSSR count). The maximum Gasteiger partial charge on any atom is 0.231 e. The fraction of sp³-hybridized carbons (Fsp3) is 0.400. The van der Waals surface area contributed by atoms with Crippen LogP contribution >= 0.6 is 0 Å². The summed E-state index contributed by atoms with van der Waals surface area (Å²) in [5.74, 6) is 3.41. The van der Waals surface area contributed by atoms with Crippen molar-refractivity contribution in [2.75, 3.05) is 13.9 Å². The molecule has 0 radical (unpaired) electrons. The van der Waals surface area contributed by atoms with Gasteiger partial charge in [0, 0.05) is 0 Å². The molecule has 0 aromatic heterocycles. The maximum atomic E-state index is 9.70. The smallest absolute Gasteiger partial charge is 0.231 e. The predicted molar refractivity (Wildman–Crippen MR) is 93.0 cm³/mol. The normalized spacial score (nSPS) is 15.1. The van der Waals surface area contributed by atoms with Crippen molar-refractivity contribution < 1.29 is 19.3 Å². The lowest BCUT2D eigenvalue weighted by Gasteiger charge is -2.20. The Morgan fingerprint density at radius 2 is 1.58 bits per heavy atom. The zero-order valence-corrected chi connectivity index (χ0v) is 14.4. The van der Waals surface area contributed by atoms with Crippen LogP contribution in [-0.4, -0.2) is 19.0 Å². The number of methoxy groups -OCH3 is 1. The Bertz CT molecular complexity index is 694. The summed E-state index contributed by atoms with van der Waals surface area (Å²) in [5, 5.41) is 9.70. The van der Waals surface area contributed by atoms with Crippen molar-refractivity contribution in [2.45, 2.75) is 26.7 Å².